The highest BCUT2D eigenvalue weighted by Gasteiger charge is 2.11. The number of carbonyl (C=O) groups is 4. The van der Waals surface area contributed by atoms with Crippen LogP contribution < -0.4 is 10.9 Å². The van der Waals surface area contributed by atoms with Gasteiger partial charge in [-0.25, -0.2) is 25.4 Å². The van der Waals surface area contributed by atoms with E-state index in [4.69, 9.17) is 10.2 Å². The predicted octanol–water partition coefficient (Wildman–Crippen LogP) is -1.07. The molecule has 24 heavy (non-hydrogen) atoms. The summed E-state index contributed by atoms with van der Waals surface area (Å²) < 4.78 is 0. The van der Waals surface area contributed by atoms with Gasteiger partial charge in [-0.15, -0.1) is 0 Å². The van der Waals surface area contributed by atoms with E-state index in [1.54, 1.807) is 18.2 Å². The van der Waals surface area contributed by atoms with Crippen LogP contribution in [0.15, 0.2) is 28.4 Å². The average molecular weight is 335 g/mol. The van der Waals surface area contributed by atoms with Gasteiger partial charge in [0, 0.05) is 0 Å². The van der Waals surface area contributed by atoms with Crippen LogP contribution in [0.2, 0.25) is 0 Å². The first kappa shape index (κ1) is 18.4. The van der Waals surface area contributed by atoms with E-state index in [9.17, 15) is 19.2 Å². The fourth-order valence-electron chi connectivity index (χ4n) is 1.32. The maximum Gasteiger partial charge on any atom is 0.396 e. The monoisotopic (exact) mass is 335 g/mol. The highest BCUT2D eigenvalue weighted by Crippen LogP contribution is 2.02. The Morgan fingerprint density at radius 3 is 1.58 bits per heavy atom. The fourth-order valence-corrected chi connectivity index (χ4v) is 1.32. The standard InChI is InChI=1S/C13H13N5O6/c1-6(15-17-10(19)12(21)22)8-4-3-5-9(14-8)7(2)16-18-11(20)13(23)24/h3-5H,1-2H3,(H,17,19)(H,18,20)(H,21,22)(H,23,24)/b15-6-,16-7-. The summed E-state index contributed by atoms with van der Waals surface area (Å²) in [5, 5.41) is 24.1. The van der Waals surface area contributed by atoms with E-state index in [-0.39, 0.29) is 11.4 Å². The summed E-state index contributed by atoms with van der Waals surface area (Å²) in [6.45, 7) is 2.99. The minimum absolute atomic E-state index is 0.230. The first-order chi connectivity index (χ1) is 11.2. The Labute approximate surface area is 135 Å². The van der Waals surface area contributed by atoms with Crippen LogP contribution in [0.4, 0.5) is 0 Å². The van der Waals surface area contributed by atoms with Crippen molar-refractivity contribution in [3.63, 3.8) is 0 Å². The Kier molecular flexibility index (Phi) is 6.23. The number of hydrogen-bond acceptors (Lipinski definition) is 7. The predicted molar refractivity (Wildman–Crippen MR) is 80.2 cm³/mol. The third-order valence-electron chi connectivity index (χ3n) is 2.53. The highest BCUT2D eigenvalue weighted by molar-refractivity contribution is 6.32. The molecule has 0 saturated carbocycles. The number of nitrogens with one attached hydrogen (secondary N) is 2. The lowest BCUT2D eigenvalue weighted by atomic mass is 10.2. The van der Waals surface area contributed by atoms with Crippen LogP contribution in [0, 0.1) is 0 Å². The first-order valence-corrected chi connectivity index (χ1v) is 6.35. The molecule has 0 radical (unpaired) electrons. The highest BCUT2D eigenvalue weighted by atomic mass is 16.4. The van der Waals surface area contributed by atoms with Crippen molar-refractivity contribution in [2.24, 2.45) is 10.2 Å². The van der Waals surface area contributed by atoms with Gasteiger partial charge in [0.15, 0.2) is 0 Å². The van der Waals surface area contributed by atoms with Gasteiger partial charge in [0.1, 0.15) is 0 Å². The minimum atomic E-state index is -1.68. The lowest BCUT2D eigenvalue weighted by molar-refractivity contribution is -0.150. The van der Waals surface area contributed by atoms with Crippen molar-refractivity contribution in [3.8, 4) is 0 Å². The van der Waals surface area contributed by atoms with Gasteiger partial charge in [-0.05, 0) is 26.0 Å². The Morgan fingerprint density at radius 2 is 1.25 bits per heavy atom. The first-order valence-electron chi connectivity index (χ1n) is 6.35. The quantitative estimate of drug-likeness (QED) is 0.308. The Morgan fingerprint density at radius 1 is 0.875 bits per heavy atom. The molecule has 0 fully saturated rings. The van der Waals surface area contributed by atoms with Gasteiger partial charge in [-0.2, -0.15) is 10.2 Å². The summed E-state index contributed by atoms with van der Waals surface area (Å²) in [6, 6.07) is 4.70. The van der Waals surface area contributed by atoms with Crippen molar-refractivity contribution >= 4 is 35.2 Å². The zero-order valence-corrected chi connectivity index (χ0v) is 12.6. The van der Waals surface area contributed by atoms with Gasteiger partial charge < -0.3 is 10.2 Å². The molecule has 0 saturated heterocycles. The zero-order valence-electron chi connectivity index (χ0n) is 12.6. The molecule has 0 aromatic carbocycles. The van der Waals surface area contributed by atoms with E-state index >= 15 is 0 Å². The van der Waals surface area contributed by atoms with Crippen molar-refractivity contribution in [3.05, 3.63) is 29.6 Å². The molecule has 2 amide bonds. The van der Waals surface area contributed by atoms with E-state index in [2.05, 4.69) is 15.2 Å². The van der Waals surface area contributed by atoms with Gasteiger partial charge in [-0.3, -0.25) is 9.59 Å². The summed E-state index contributed by atoms with van der Waals surface area (Å²) in [5.74, 6) is -5.94. The van der Waals surface area contributed by atoms with Gasteiger partial charge in [0.25, 0.3) is 0 Å². The van der Waals surface area contributed by atoms with Crippen LogP contribution in [-0.4, -0.2) is 50.4 Å². The molecule has 126 valence electrons. The van der Waals surface area contributed by atoms with Crippen LogP contribution in [0.1, 0.15) is 25.2 Å². The molecule has 1 aromatic rings. The van der Waals surface area contributed by atoms with Crippen LogP contribution in [-0.2, 0) is 19.2 Å². The number of nitrogens with zero attached hydrogens (tertiary/aromatic N) is 3. The minimum Gasteiger partial charge on any atom is -0.474 e. The number of aliphatic carboxylic acids is 2. The third-order valence-corrected chi connectivity index (χ3v) is 2.53. The number of hydrazone groups is 2. The lowest BCUT2D eigenvalue weighted by Crippen LogP contribution is -2.27. The molecule has 0 unspecified atom stereocenters. The van der Waals surface area contributed by atoms with Crippen molar-refractivity contribution in [1.82, 2.24) is 15.8 Å². The van der Waals surface area contributed by atoms with Crippen LogP contribution >= 0.6 is 0 Å². The van der Waals surface area contributed by atoms with E-state index in [0.717, 1.165) is 0 Å². The number of hydrogen-bond donors (Lipinski definition) is 4. The summed E-state index contributed by atoms with van der Waals surface area (Å²) in [7, 11) is 0. The molecule has 11 heteroatoms. The lowest BCUT2D eigenvalue weighted by Gasteiger charge is -2.04. The molecule has 0 aliphatic rings. The number of carboxylic acids is 2. The second kappa shape index (κ2) is 8.12. The van der Waals surface area contributed by atoms with E-state index < -0.39 is 23.8 Å². The third kappa shape index (κ3) is 5.29. The topological polar surface area (TPSA) is 170 Å². The number of aromatic nitrogens is 1. The number of rotatable bonds is 4. The largest absolute Gasteiger partial charge is 0.474 e. The molecule has 11 nitrogen and oxygen atoms in total. The van der Waals surface area contributed by atoms with Crippen LogP contribution in [0.25, 0.3) is 0 Å². The Bertz CT molecular complexity index is 696. The maximum atomic E-state index is 10.9. The Balaban J connectivity index is 2.93. The summed E-state index contributed by atoms with van der Waals surface area (Å²) in [6.07, 6.45) is 0. The average Bonchev–Trinajstić information content (AvgIpc) is 2.56. The van der Waals surface area contributed by atoms with Crippen LogP contribution in [0.3, 0.4) is 0 Å². The van der Waals surface area contributed by atoms with Gasteiger partial charge in [-0.1, -0.05) is 6.07 Å². The smallest absolute Gasteiger partial charge is 0.396 e. The van der Waals surface area contributed by atoms with Crippen molar-refractivity contribution < 1.29 is 29.4 Å². The SMILES string of the molecule is C/C(=N/NC(=O)C(=O)O)c1cccc(/C(C)=N\NC(=O)C(=O)O)n1. The molecule has 1 rings (SSSR count). The maximum absolute atomic E-state index is 10.9. The molecule has 4 N–H and O–H groups in total. The van der Waals surface area contributed by atoms with E-state index in [0.29, 0.717) is 11.4 Å². The number of pyridine rings is 1. The second-order valence-corrected chi connectivity index (χ2v) is 4.29. The molecule has 0 bridgehead atoms. The number of carbonyl (C=O) groups excluding carboxylic acids is 2. The second-order valence-electron chi connectivity index (χ2n) is 4.29. The summed E-state index contributed by atoms with van der Waals surface area (Å²) in [4.78, 5) is 46.7. The van der Waals surface area contributed by atoms with Crippen molar-refractivity contribution in [2.45, 2.75) is 13.8 Å². The molecule has 0 atom stereocenters. The summed E-state index contributed by atoms with van der Waals surface area (Å²) >= 11 is 0. The number of amides is 2. The van der Waals surface area contributed by atoms with Crippen LogP contribution in [0.5, 0.6) is 0 Å². The molecule has 1 aromatic heterocycles. The molecule has 1 heterocycles. The Hall–Kier alpha value is -3.63. The fraction of sp³-hybridized carbons (Fsp3) is 0.154. The van der Waals surface area contributed by atoms with E-state index in [1.807, 2.05) is 10.9 Å². The molecule has 0 aliphatic carbocycles. The van der Waals surface area contributed by atoms with Crippen molar-refractivity contribution in [2.75, 3.05) is 0 Å². The van der Waals surface area contributed by atoms with E-state index in [1.165, 1.54) is 13.8 Å². The molecule has 0 spiro atoms. The van der Waals surface area contributed by atoms with Gasteiger partial charge in [0.05, 0.1) is 22.8 Å². The van der Waals surface area contributed by atoms with Crippen molar-refractivity contribution in [1.29, 1.82) is 0 Å². The summed E-state index contributed by atoms with van der Waals surface area (Å²) in [5.41, 5.74) is 4.77. The van der Waals surface area contributed by atoms with Gasteiger partial charge >= 0.3 is 23.8 Å². The molecule has 0 aliphatic heterocycles. The molecular weight excluding hydrogens is 322 g/mol. The molecular formula is C13H13N5O6. The number of carboxylic acid groups (broad SMARTS) is 2. The zero-order chi connectivity index (χ0) is 18.3. The normalized spacial score (nSPS) is 11.6. The van der Waals surface area contributed by atoms with Gasteiger partial charge in [0.2, 0.25) is 0 Å².